The van der Waals surface area contributed by atoms with Crippen LogP contribution in [0.15, 0.2) is 6.07 Å². The molecule has 0 spiro atoms. The highest BCUT2D eigenvalue weighted by Crippen LogP contribution is 2.34. The predicted octanol–water partition coefficient (Wildman–Crippen LogP) is 4.71. The highest BCUT2D eigenvalue weighted by atomic mass is 32.1. The molecule has 1 heterocycles. The van der Waals surface area contributed by atoms with Crippen LogP contribution in [0, 0.1) is 5.92 Å². The third kappa shape index (κ3) is 3.36. The number of thiophene rings is 1. The second-order valence-electron chi connectivity index (χ2n) is 5.83. The maximum absolute atomic E-state index is 3.72. The van der Waals surface area contributed by atoms with Crippen molar-refractivity contribution >= 4 is 11.3 Å². The fourth-order valence-corrected chi connectivity index (χ4v) is 4.32. The Morgan fingerprint density at radius 2 is 2.00 bits per heavy atom. The Labute approximate surface area is 116 Å². The maximum Gasteiger partial charge on any atom is 0.0438 e. The third-order valence-corrected chi connectivity index (χ3v) is 5.17. The van der Waals surface area contributed by atoms with E-state index in [1.165, 1.54) is 38.5 Å². The van der Waals surface area contributed by atoms with Gasteiger partial charge in [-0.05, 0) is 56.2 Å². The molecule has 1 nitrogen and oxygen atoms in total. The summed E-state index contributed by atoms with van der Waals surface area (Å²) < 4.78 is 0. The summed E-state index contributed by atoms with van der Waals surface area (Å²) in [5.74, 6) is 0.679. The molecule has 1 aromatic heterocycles. The molecule has 1 atom stereocenters. The molecule has 0 amide bonds. The Kier molecular flexibility index (Phi) is 5.25. The Bertz CT molecular complexity index is 344. The van der Waals surface area contributed by atoms with Crippen molar-refractivity contribution in [2.75, 3.05) is 6.54 Å². The Balaban J connectivity index is 2.15. The van der Waals surface area contributed by atoms with Crippen molar-refractivity contribution in [2.24, 2.45) is 5.92 Å². The molecule has 0 saturated heterocycles. The molecule has 1 aliphatic rings. The Hall–Kier alpha value is -0.340. The zero-order valence-electron chi connectivity index (χ0n) is 12.1. The Morgan fingerprint density at radius 1 is 1.22 bits per heavy atom. The number of rotatable bonds is 5. The van der Waals surface area contributed by atoms with E-state index in [2.05, 4.69) is 43.5 Å². The second kappa shape index (κ2) is 6.72. The molecule has 0 bridgehead atoms. The number of hydrogen-bond acceptors (Lipinski definition) is 2. The van der Waals surface area contributed by atoms with E-state index in [4.69, 9.17) is 0 Å². The van der Waals surface area contributed by atoms with Gasteiger partial charge in [-0.2, -0.15) is 0 Å². The van der Waals surface area contributed by atoms with Crippen LogP contribution >= 0.6 is 11.3 Å². The van der Waals surface area contributed by atoms with E-state index in [1.807, 2.05) is 0 Å². The average Bonchev–Trinajstić information content (AvgIpc) is 2.60. The Morgan fingerprint density at radius 3 is 2.72 bits per heavy atom. The molecule has 0 saturated carbocycles. The number of fused-ring (bicyclic) bond motifs is 1. The normalized spacial score (nSPS) is 17.6. The van der Waals surface area contributed by atoms with Crippen molar-refractivity contribution < 1.29 is 0 Å². The molecule has 102 valence electrons. The zero-order chi connectivity index (χ0) is 13.0. The van der Waals surface area contributed by atoms with Gasteiger partial charge in [-0.1, -0.05) is 27.2 Å². The summed E-state index contributed by atoms with van der Waals surface area (Å²) in [4.78, 5) is 3.25. The van der Waals surface area contributed by atoms with Crippen molar-refractivity contribution in [2.45, 2.75) is 65.3 Å². The molecule has 0 radical (unpaired) electrons. The first-order chi connectivity index (χ1) is 8.72. The van der Waals surface area contributed by atoms with Crippen LogP contribution in [0.2, 0.25) is 0 Å². The molecule has 0 fully saturated rings. The van der Waals surface area contributed by atoms with E-state index in [1.54, 1.807) is 15.3 Å². The summed E-state index contributed by atoms with van der Waals surface area (Å²) >= 11 is 2.07. The average molecular weight is 265 g/mol. The van der Waals surface area contributed by atoms with Crippen LogP contribution in [0.25, 0.3) is 0 Å². The lowest BCUT2D eigenvalue weighted by Gasteiger charge is -2.21. The topological polar surface area (TPSA) is 12.0 Å². The fraction of sp³-hybridized carbons (Fsp3) is 0.750. The van der Waals surface area contributed by atoms with Crippen molar-refractivity contribution in [3.05, 3.63) is 21.4 Å². The van der Waals surface area contributed by atoms with E-state index < -0.39 is 0 Å². The van der Waals surface area contributed by atoms with E-state index in [9.17, 15) is 0 Å². The van der Waals surface area contributed by atoms with Gasteiger partial charge in [0.2, 0.25) is 0 Å². The minimum absolute atomic E-state index is 0.557. The zero-order valence-corrected chi connectivity index (χ0v) is 12.9. The van der Waals surface area contributed by atoms with Crippen molar-refractivity contribution in [1.29, 1.82) is 0 Å². The van der Waals surface area contributed by atoms with Gasteiger partial charge in [0.25, 0.3) is 0 Å². The van der Waals surface area contributed by atoms with Crippen LogP contribution < -0.4 is 5.32 Å². The summed E-state index contributed by atoms with van der Waals surface area (Å²) in [6.07, 6.45) is 8.04. The molecule has 1 N–H and O–H groups in total. The summed E-state index contributed by atoms with van der Waals surface area (Å²) in [5.41, 5.74) is 1.65. The minimum Gasteiger partial charge on any atom is -0.309 e. The number of hydrogen-bond donors (Lipinski definition) is 1. The lowest BCUT2D eigenvalue weighted by molar-refractivity contribution is 0.418. The van der Waals surface area contributed by atoms with Crippen LogP contribution in [0.3, 0.4) is 0 Å². The second-order valence-corrected chi connectivity index (χ2v) is 7.00. The largest absolute Gasteiger partial charge is 0.309 e. The van der Waals surface area contributed by atoms with E-state index in [0.717, 1.165) is 6.54 Å². The highest BCUT2D eigenvalue weighted by Gasteiger charge is 2.20. The van der Waals surface area contributed by atoms with Crippen molar-refractivity contribution in [1.82, 2.24) is 5.32 Å². The van der Waals surface area contributed by atoms with Crippen LogP contribution in [0.4, 0.5) is 0 Å². The SMILES string of the molecule is CCCNC(c1cc2c(s1)CCCCC2)C(C)C. The molecule has 1 aromatic rings. The van der Waals surface area contributed by atoms with Crippen LogP contribution in [-0.2, 0) is 12.8 Å². The molecule has 2 rings (SSSR count). The summed E-state index contributed by atoms with van der Waals surface area (Å²) in [6, 6.07) is 3.06. The van der Waals surface area contributed by atoms with Crippen molar-refractivity contribution in [3.8, 4) is 0 Å². The third-order valence-electron chi connectivity index (χ3n) is 3.85. The molecule has 0 aliphatic heterocycles. The minimum atomic E-state index is 0.557. The standard InChI is InChI=1S/C16H27NS/c1-4-10-17-16(12(2)3)15-11-13-8-6-5-7-9-14(13)18-15/h11-12,16-17H,4-10H2,1-3H3. The lowest BCUT2D eigenvalue weighted by Crippen LogP contribution is -2.25. The first kappa shape index (κ1) is 14.1. The molecular formula is C16H27NS. The summed E-state index contributed by atoms with van der Waals surface area (Å²) in [7, 11) is 0. The van der Waals surface area contributed by atoms with Gasteiger partial charge in [-0.15, -0.1) is 11.3 Å². The molecule has 1 unspecified atom stereocenters. The van der Waals surface area contributed by atoms with Gasteiger partial charge in [0, 0.05) is 15.8 Å². The molecule has 0 aromatic carbocycles. The van der Waals surface area contributed by atoms with E-state index in [0.29, 0.717) is 12.0 Å². The van der Waals surface area contributed by atoms with Gasteiger partial charge in [0.1, 0.15) is 0 Å². The first-order valence-corrected chi connectivity index (χ1v) is 8.39. The predicted molar refractivity (Wildman–Crippen MR) is 81.5 cm³/mol. The van der Waals surface area contributed by atoms with Crippen molar-refractivity contribution in [3.63, 3.8) is 0 Å². The number of aryl methyl sites for hydroxylation is 2. The van der Waals surface area contributed by atoms with E-state index >= 15 is 0 Å². The molecule has 18 heavy (non-hydrogen) atoms. The fourth-order valence-electron chi connectivity index (χ4n) is 2.81. The van der Waals surface area contributed by atoms with E-state index in [-0.39, 0.29) is 0 Å². The monoisotopic (exact) mass is 265 g/mol. The van der Waals surface area contributed by atoms with Crippen LogP contribution in [-0.4, -0.2) is 6.54 Å². The van der Waals surface area contributed by atoms with Gasteiger partial charge < -0.3 is 5.32 Å². The molecule has 2 heteroatoms. The van der Waals surface area contributed by atoms with Gasteiger partial charge in [0.05, 0.1) is 0 Å². The summed E-state index contributed by atoms with van der Waals surface area (Å²) in [5, 5.41) is 3.72. The maximum atomic E-state index is 3.72. The first-order valence-electron chi connectivity index (χ1n) is 7.57. The molecular weight excluding hydrogens is 238 g/mol. The van der Waals surface area contributed by atoms with Gasteiger partial charge >= 0.3 is 0 Å². The van der Waals surface area contributed by atoms with Gasteiger partial charge in [-0.3, -0.25) is 0 Å². The molecule has 1 aliphatic carbocycles. The van der Waals surface area contributed by atoms with Crippen LogP contribution in [0.5, 0.6) is 0 Å². The van der Waals surface area contributed by atoms with Crippen LogP contribution in [0.1, 0.15) is 67.8 Å². The van der Waals surface area contributed by atoms with Gasteiger partial charge in [0.15, 0.2) is 0 Å². The quantitative estimate of drug-likeness (QED) is 0.760. The van der Waals surface area contributed by atoms with Gasteiger partial charge in [-0.25, -0.2) is 0 Å². The summed E-state index contributed by atoms with van der Waals surface area (Å²) in [6.45, 7) is 8.04. The smallest absolute Gasteiger partial charge is 0.0438 e. The highest BCUT2D eigenvalue weighted by molar-refractivity contribution is 7.12. The number of nitrogens with one attached hydrogen (secondary N) is 1. The lowest BCUT2D eigenvalue weighted by atomic mass is 10.0.